The second-order valence-electron chi connectivity index (χ2n) is 6.54. The maximum atomic E-state index is 13.0. The molecule has 156 valence electrons. The first-order valence-electron chi connectivity index (χ1n) is 9.78. The average molecular weight is 414 g/mol. The van der Waals surface area contributed by atoms with E-state index < -0.39 is 17.8 Å². The fourth-order valence-electron chi connectivity index (χ4n) is 2.80. The summed E-state index contributed by atoms with van der Waals surface area (Å²) in [6, 6.07) is 24.2. The lowest BCUT2D eigenvalue weighted by atomic mass is 10.1. The summed E-state index contributed by atoms with van der Waals surface area (Å²) < 4.78 is 5.00. The van der Waals surface area contributed by atoms with Gasteiger partial charge in [-0.1, -0.05) is 54.6 Å². The first-order valence-corrected chi connectivity index (χ1v) is 9.78. The Labute approximate surface area is 180 Å². The molecule has 0 saturated heterocycles. The first-order chi connectivity index (χ1) is 15.1. The Bertz CT molecular complexity index is 1090. The van der Waals surface area contributed by atoms with Gasteiger partial charge in [0.15, 0.2) is 0 Å². The lowest BCUT2D eigenvalue weighted by molar-refractivity contribution is -0.113. The molecule has 0 bridgehead atoms. The Kier molecular flexibility index (Phi) is 7.32. The summed E-state index contributed by atoms with van der Waals surface area (Å²) in [6.45, 7) is 1.98. The van der Waals surface area contributed by atoms with E-state index in [4.69, 9.17) is 4.74 Å². The lowest BCUT2D eigenvalue weighted by Gasteiger charge is -2.12. The molecule has 0 aromatic heterocycles. The first kappa shape index (κ1) is 21.5. The Morgan fingerprint density at radius 2 is 1.48 bits per heavy atom. The summed E-state index contributed by atoms with van der Waals surface area (Å²) in [6.07, 6.45) is 1.59. The largest absolute Gasteiger partial charge is 0.462 e. The van der Waals surface area contributed by atoms with Gasteiger partial charge in [-0.25, -0.2) is 4.79 Å². The van der Waals surface area contributed by atoms with E-state index in [0.717, 1.165) is 5.56 Å². The molecule has 0 fully saturated rings. The van der Waals surface area contributed by atoms with E-state index in [1.807, 2.05) is 30.3 Å². The third-order valence-corrected chi connectivity index (χ3v) is 4.27. The van der Waals surface area contributed by atoms with Crippen molar-refractivity contribution in [2.75, 3.05) is 11.9 Å². The van der Waals surface area contributed by atoms with Crippen LogP contribution in [0.25, 0.3) is 6.08 Å². The molecular weight excluding hydrogens is 392 g/mol. The van der Waals surface area contributed by atoms with E-state index >= 15 is 0 Å². The highest BCUT2D eigenvalue weighted by molar-refractivity contribution is 6.11. The molecule has 6 nitrogen and oxygen atoms in total. The van der Waals surface area contributed by atoms with Crippen LogP contribution in [-0.4, -0.2) is 24.4 Å². The summed E-state index contributed by atoms with van der Waals surface area (Å²) >= 11 is 0. The highest BCUT2D eigenvalue weighted by Gasteiger charge is 2.16. The molecule has 2 amide bonds. The number of anilines is 1. The lowest BCUT2D eigenvalue weighted by Crippen LogP contribution is -2.30. The van der Waals surface area contributed by atoms with Crippen LogP contribution in [0.3, 0.4) is 0 Å². The fraction of sp³-hybridized carbons (Fsp3) is 0.0800. The average Bonchev–Trinajstić information content (AvgIpc) is 2.80. The van der Waals surface area contributed by atoms with Crippen molar-refractivity contribution < 1.29 is 19.1 Å². The van der Waals surface area contributed by atoms with E-state index in [1.165, 1.54) is 6.07 Å². The summed E-state index contributed by atoms with van der Waals surface area (Å²) in [4.78, 5) is 37.6. The number of rotatable bonds is 7. The maximum Gasteiger partial charge on any atom is 0.338 e. The SMILES string of the molecule is CCOC(=O)c1cccc(NC(=O)/C(=C\c2ccccc2)NC(=O)c2ccccc2)c1. The second kappa shape index (κ2) is 10.5. The van der Waals surface area contributed by atoms with Crippen LogP contribution in [0, 0.1) is 0 Å². The maximum absolute atomic E-state index is 13.0. The summed E-state index contributed by atoms with van der Waals surface area (Å²) in [5.74, 6) is -1.40. The summed E-state index contributed by atoms with van der Waals surface area (Å²) in [5, 5.41) is 5.40. The van der Waals surface area contributed by atoms with Gasteiger partial charge in [0.05, 0.1) is 12.2 Å². The van der Waals surface area contributed by atoms with Gasteiger partial charge in [0, 0.05) is 11.3 Å². The van der Waals surface area contributed by atoms with E-state index in [9.17, 15) is 14.4 Å². The van der Waals surface area contributed by atoms with Crippen LogP contribution in [0.5, 0.6) is 0 Å². The van der Waals surface area contributed by atoms with Crippen LogP contribution >= 0.6 is 0 Å². The van der Waals surface area contributed by atoms with Gasteiger partial charge >= 0.3 is 5.97 Å². The molecule has 0 aliphatic heterocycles. The van der Waals surface area contributed by atoms with Gasteiger partial charge in [-0.2, -0.15) is 0 Å². The number of hydrogen-bond acceptors (Lipinski definition) is 4. The zero-order valence-corrected chi connectivity index (χ0v) is 17.0. The van der Waals surface area contributed by atoms with Crippen LogP contribution in [0.4, 0.5) is 5.69 Å². The fourth-order valence-corrected chi connectivity index (χ4v) is 2.80. The molecule has 0 aliphatic carbocycles. The monoisotopic (exact) mass is 414 g/mol. The molecule has 0 atom stereocenters. The molecule has 3 aromatic rings. The highest BCUT2D eigenvalue weighted by atomic mass is 16.5. The Morgan fingerprint density at radius 1 is 0.839 bits per heavy atom. The van der Waals surface area contributed by atoms with Crippen molar-refractivity contribution in [1.29, 1.82) is 0 Å². The third-order valence-electron chi connectivity index (χ3n) is 4.27. The van der Waals surface area contributed by atoms with Crippen molar-refractivity contribution in [3.8, 4) is 0 Å². The minimum absolute atomic E-state index is 0.0709. The summed E-state index contributed by atoms with van der Waals surface area (Å²) in [7, 11) is 0. The molecule has 31 heavy (non-hydrogen) atoms. The molecule has 6 heteroatoms. The van der Waals surface area contributed by atoms with Crippen LogP contribution in [0.1, 0.15) is 33.2 Å². The molecule has 0 radical (unpaired) electrons. The van der Waals surface area contributed by atoms with E-state index in [0.29, 0.717) is 16.8 Å². The van der Waals surface area contributed by atoms with Crippen molar-refractivity contribution >= 4 is 29.5 Å². The minimum atomic E-state index is -0.519. The second-order valence-corrected chi connectivity index (χ2v) is 6.54. The van der Waals surface area contributed by atoms with Crippen molar-refractivity contribution in [1.82, 2.24) is 5.32 Å². The van der Waals surface area contributed by atoms with E-state index in [1.54, 1.807) is 61.5 Å². The van der Waals surface area contributed by atoms with Crippen molar-refractivity contribution in [2.45, 2.75) is 6.92 Å². The van der Waals surface area contributed by atoms with Gasteiger partial charge in [0.2, 0.25) is 0 Å². The Balaban J connectivity index is 1.84. The molecule has 0 heterocycles. The number of esters is 1. The number of hydrogen-bond donors (Lipinski definition) is 2. The Morgan fingerprint density at radius 3 is 2.16 bits per heavy atom. The minimum Gasteiger partial charge on any atom is -0.462 e. The number of ether oxygens (including phenoxy) is 1. The van der Waals surface area contributed by atoms with Gasteiger partial charge in [-0.05, 0) is 48.9 Å². The van der Waals surface area contributed by atoms with Gasteiger partial charge in [0.25, 0.3) is 11.8 Å². The molecule has 0 saturated carbocycles. The van der Waals surface area contributed by atoms with Gasteiger partial charge in [-0.15, -0.1) is 0 Å². The predicted octanol–water partition coefficient (Wildman–Crippen LogP) is 4.27. The van der Waals surface area contributed by atoms with Crippen molar-refractivity contribution in [3.05, 3.63) is 107 Å². The van der Waals surface area contributed by atoms with Gasteiger partial charge in [-0.3, -0.25) is 9.59 Å². The third kappa shape index (κ3) is 6.14. The molecule has 2 N–H and O–H groups in total. The molecular formula is C25H22N2O4. The van der Waals surface area contributed by atoms with Crippen LogP contribution in [0.2, 0.25) is 0 Å². The number of benzene rings is 3. The topological polar surface area (TPSA) is 84.5 Å². The number of amides is 2. The normalized spacial score (nSPS) is 10.8. The van der Waals surface area contributed by atoms with E-state index in [2.05, 4.69) is 10.6 Å². The molecule has 0 aliphatic rings. The quantitative estimate of drug-likeness (QED) is 0.447. The molecule has 0 unspecified atom stereocenters. The van der Waals surface area contributed by atoms with Gasteiger partial charge < -0.3 is 15.4 Å². The zero-order chi connectivity index (χ0) is 22.1. The van der Waals surface area contributed by atoms with Gasteiger partial charge in [0.1, 0.15) is 5.70 Å². The number of carbonyl (C=O) groups is 3. The number of nitrogens with one attached hydrogen (secondary N) is 2. The molecule has 0 spiro atoms. The number of carbonyl (C=O) groups excluding carboxylic acids is 3. The Hall–Kier alpha value is -4.19. The van der Waals surface area contributed by atoms with Crippen LogP contribution in [-0.2, 0) is 9.53 Å². The molecule has 3 aromatic carbocycles. The molecule has 3 rings (SSSR count). The summed E-state index contributed by atoms with van der Waals surface area (Å²) in [5.41, 5.74) is 1.98. The van der Waals surface area contributed by atoms with Crippen molar-refractivity contribution in [2.24, 2.45) is 0 Å². The van der Waals surface area contributed by atoms with Crippen LogP contribution in [0.15, 0.2) is 90.6 Å². The smallest absolute Gasteiger partial charge is 0.338 e. The highest BCUT2D eigenvalue weighted by Crippen LogP contribution is 2.14. The zero-order valence-electron chi connectivity index (χ0n) is 17.0. The standard InChI is InChI=1S/C25H22N2O4/c1-2-31-25(30)20-14-9-15-21(17-20)26-24(29)22(16-18-10-5-3-6-11-18)27-23(28)19-12-7-4-8-13-19/h3-17H,2H2,1H3,(H,26,29)(H,27,28)/b22-16+. The van der Waals surface area contributed by atoms with Crippen molar-refractivity contribution in [3.63, 3.8) is 0 Å². The van der Waals surface area contributed by atoms with E-state index in [-0.39, 0.29) is 12.3 Å². The predicted molar refractivity (Wildman–Crippen MR) is 119 cm³/mol. The van der Waals surface area contributed by atoms with Crippen LogP contribution < -0.4 is 10.6 Å².